The Hall–Kier alpha value is -0.120. The number of hydrogen-bond donors (Lipinski definition) is 1. The summed E-state index contributed by atoms with van der Waals surface area (Å²) in [6, 6.07) is 0. The van der Waals surface area contributed by atoms with Crippen LogP contribution in [0.5, 0.6) is 0 Å². The van der Waals surface area contributed by atoms with Crippen molar-refractivity contribution < 1.29 is 0 Å². The summed E-state index contributed by atoms with van der Waals surface area (Å²) in [7, 11) is 4.33. The smallest absolute Gasteiger partial charge is 0.0615 e. The highest BCUT2D eigenvalue weighted by atomic mass is 15.3. The molecule has 0 amide bonds. The molecule has 12 heavy (non-hydrogen) atoms. The molecular formula is C9H21N3. The Labute approximate surface area is 75.7 Å². The molecule has 3 heteroatoms. The summed E-state index contributed by atoms with van der Waals surface area (Å²) >= 11 is 0. The molecule has 1 saturated heterocycles. The Kier molecular flexibility index (Phi) is 3.98. The molecule has 1 unspecified atom stereocenters. The first-order chi connectivity index (χ1) is 5.75. The van der Waals surface area contributed by atoms with Crippen molar-refractivity contribution in [2.45, 2.75) is 19.5 Å². The van der Waals surface area contributed by atoms with Gasteiger partial charge in [-0.25, -0.2) is 0 Å². The van der Waals surface area contributed by atoms with Gasteiger partial charge in [0.25, 0.3) is 0 Å². The molecule has 1 rings (SSSR count). The van der Waals surface area contributed by atoms with Crippen molar-refractivity contribution in [1.29, 1.82) is 0 Å². The molecule has 0 aromatic rings. The second-order valence-corrected chi connectivity index (χ2v) is 3.64. The molecule has 0 aliphatic carbocycles. The Morgan fingerprint density at radius 1 is 1.33 bits per heavy atom. The molecule has 0 radical (unpaired) electrons. The Morgan fingerprint density at radius 3 is 2.33 bits per heavy atom. The molecule has 1 fully saturated rings. The van der Waals surface area contributed by atoms with Crippen LogP contribution in [0, 0.1) is 0 Å². The molecule has 1 heterocycles. The van der Waals surface area contributed by atoms with Crippen molar-refractivity contribution in [1.82, 2.24) is 15.1 Å². The average Bonchev–Trinajstić information content (AvgIpc) is 2.07. The molecule has 72 valence electrons. The molecule has 0 aromatic heterocycles. The number of nitrogens with one attached hydrogen (secondary N) is 1. The van der Waals surface area contributed by atoms with Gasteiger partial charge < -0.3 is 5.32 Å². The fourth-order valence-corrected chi connectivity index (χ4v) is 1.93. The van der Waals surface area contributed by atoms with E-state index in [0.29, 0.717) is 6.17 Å². The second-order valence-electron chi connectivity index (χ2n) is 3.64. The van der Waals surface area contributed by atoms with E-state index < -0.39 is 0 Å². The van der Waals surface area contributed by atoms with Crippen LogP contribution in [0.15, 0.2) is 0 Å². The third-order valence-electron chi connectivity index (χ3n) is 2.53. The van der Waals surface area contributed by atoms with Gasteiger partial charge in [0.2, 0.25) is 0 Å². The van der Waals surface area contributed by atoms with Crippen LogP contribution in [-0.2, 0) is 0 Å². The molecule has 1 atom stereocenters. The predicted molar refractivity (Wildman–Crippen MR) is 52.2 cm³/mol. The maximum atomic E-state index is 3.37. The average molecular weight is 171 g/mol. The Balaban J connectivity index is 2.40. The number of hydrogen-bond acceptors (Lipinski definition) is 3. The van der Waals surface area contributed by atoms with E-state index in [1.54, 1.807) is 0 Å². The molecule has 0 saturated carbocycles. The van der Waals surface area contributed by atoms with Crippen molar-refractivity contribution in [3.63, 3.8) is 0 Å². The largest absolute Gasteiger partial charge is 0.314 e. The van der Waals surface area contributed by atoms with Crippen molar-refractivity contribution in [2.75, 3.05) is 40.3 Å². The van der Waals surface area contributed by atoms with Crippen LogP contribution in [0.2, 0.25) is 0 Å². The van der Waals surface area contributed by atoms with Gasteiger partial charge in [-0.05, 0) is 20.5 Å². The second kappa shape index (κ2) is 4.80. The van der Waals surface area contributed by atoms with Gasteiger partial charge in [0.15, 0.2) is 0 Å². The highest BCUT2D eigenvalue weighted by Gasteiger charge is 2.19. The van der Waals surface area contributed by atoms with Crippen LogP contribution >= 0.6 is 0 Å². The molecular weight excluding hydrogens is 150 g/mol. The molecule has 0 spiro atoms. The summed E-state index contributed by atoms with van der Waals surface area (Å²) in [5, 5.41) is 3.37. The minimum absolute atomic E-state index is 0.632. The normalized spacial score (nSPS) is 23.0. The SMILES string of the molecule is CCC(N(C)C)N1CCNCC1. The zero-order valence-electron chi connectivity index (χ0n) is 8.51. The van der Waals surface area contributed by atoms with Crippen LogP contribution in [0.1, 0.15) is 13.3 Å². The van der Waals surface area contributed by atoms with Crippen molar-refractivity contribution >= 4 is 0 Å². The van der Waals surface area contributed by atoms with Gasteiger partial charge in [-0.1, -0.05) is 6.92 Å². The van der Waals surface area contributed by atoms with Gasteiger partial charge >= 0.3 is 0 Å². The number of piperazine rings is 1. The van der Waals surface area contributed by atoms with Crippen LogP contribution in [0.4, 0.5) is 0 Å². The van der Waals surface area contributed by atoms with Gasteiger partial charge in [0.1, 0.15) is 0 Å². The van der Waals surface area contributed by atoms with Crippen LogP contribution in [0.25, 0.3) is 0 Å². The first-order valence-electron chi connectivity index (χ1n) is 4.87. The number of rotatable bonds is 3. The summed E-state index contributed by atoms with van der Waals surface area (Å²) in [4.78, 5) is 4.86. The highest BCUT2D eigenvalue weighted by Crippen LogP contribution is 2.07. The highest BCUT2D eigenvalue weighted by molar-refractivity contribution is 4.73. The summed E-state index contributed by atoms with van der Waals surface area (Å²) in [5.74, 6) is 0. The molecule has 0 aromatic carbocycles. The predicted octanol–water partition coefficient (Wildman–Crippen LogP) is 0.189. The summed E-state index contributed by atoms with van der Waals surface area (Å²) in [6.07, 6.45) is 1.85. The lowest BCUT2D eigenvalue weighted by Gasteiger charge is -2.38. The topological polar surface area (TPSA) is 18.5 Å². The minimum atomic E-state index is 0.632. The molecule has 3 nitrogen and oxygen atoms in total. The first kappa shape index (κ1) is 9.96. The van der Waals surface area contributed by atoms with Crippen molar-refractivity contribution in [3.8, 4) is 0 Å². The van der Waals surface area contributed by atoms with Crippen LogP contribution < -0.4 is 5.32 Å². The Bertz CT molecular complexity index is 119. The Morgan fingerprint density at radius 2 is 1.92 bits per heavy atom. The van der Waals surface area contributed by atoms with E-state index in [1.165, 1.54) is 19.5 Å². The van der Waals surface area contributed by atoms with Gasteiger partial charge in [0, 0.05) is 26.2 Å². The third kappa shape index (κ3) is 2.44. The lowest BCUT2D eigenvalue weighted by Crippen LogP contribution is -2.52. The van der Waals surface area contributed by atoms with Gasteiger partial charge in [-0.2, -0.15) is 0 Å². The van der Waals surface area contributed by atoms with E-state index in [9.17, 15) is 0 Å². The van der Waals surface area contributed by atoms with Crippen LogP contribution in [0.3, 0.4) is 0 Å². The molecule has 1 N–H and O–H groups in total. The molecule has 0 bridgehead atoms. The quantitative estimate of drug-likeness (QED) is 0.654. The minimum Gasteiger partial charge on any atom is -0.314 e. The van der Waals surface area contributed by atoms with Gasteiger partial charge in [0.05, 0.1) is 6.17 Å². The maximum Gasteiger partial charge on any atom is 0.0615 e. The molecule has 1 aliphatic rings. The third-order valence-corrected chi connectivity index (χ3v) is 2.53. The monoisotopic (exact) mass is 171 g/mol. The van der Waals surface area contributed by atoms with Crippen molar-refractivity contribution in [2.24, 2.45) is 0 Å². The van der Waals surface area contributed by atoms with E-state index in [-0.39, 0.29) is 0 Å². The van der Waals surface area contributed by atoms with Crippen LogP contribution in [-0.4, -0.2) is 56.2 Å². The lowest BCUT2D eigenvalue weighted by atomic mass is 10.2. The van der Waals surface area contributed by atoms with Gasteiger partial charge in [-0.15, -0.1) is 0 Å². The summed E-state index contributed by atoms with van der Waals surface area (Å²) in [5.41, 5.74) is 0. The van der Waals surface area contributed by atoms with E-state index >= 15 is 0 Å². The zero-order chi connectivity index (χ0) is 8.97. The standard InChI is InChI=1S/C9H21N3/c1-4-9(11(2)3)12-7-5-10-6-8-12/h9-10H,4-8H2,1-3H3. The van der Waals surface area contributed by atoms with E-state index in [4.69, 9.17) is 0 Å². The fraction of sp³-hybridized carbons (Fsp3) is 1.00. The number of nitrogens with zero attached hydrogens (tertiary/aromatic N) is 2. The van der Waals surface area contributed by atoms with E-state index in [0.717, 1.165) is 13.1 Å². The summed E-state index contributed by atoms with van der Waals surface area (Å²) in [6.45, 7) is 6.93. The zero-order valence-corrected chi connectivity index (χ0v) is 8.51. The lowest BCUT2D eigenvalue weighted by molar-refractivity contribution is 0.0649. The molecule has 1 aliphatic heterocycles. The fourth-order valence-electron chi connectivity index (χ4n) is 1.93. The van der Waals surface area contributed by atoms with Crippen molar-refractivity contribution in [3.05, 3.63) is 0 Å². The van der Waals surface area contributed by atoms with Gasteiger partial charge in [-0.3, -0.25) is 9.80 Å². The summed E-state index contributed by atoms with van der Waals surface area (Å²) < 4.78 is 0. The van der Waals surface area contributed by atoms with E-state index in [2.05, 4.69) is 36.1 Å². The maximum absolute atomic E-state index is 3.37. The van der Waals surface area contributed by atoms with E-state index in [1.807, 2.05) is 0 Å². The first-order valence-corrected chi connectivity index (χ1v) is 4.87.